The monoisotopic (exact) mass is 408 g/mol. The van der Waals surface area contributed by atoms with Crippen LogP contribution in [0.5, 0.6) is 5.75 Å². The summed E-state index contributed by atoms with van der Waals surface area (Å²) in [6.45, 7) is 6.27. The molecule has 8 nitrogen and oxygen atoms in total. The van der Waals surface area contributed by atoms with Crippen LogP contribution in [0.25, 0.3) is 11.0 Å². The summed E-state index contributed by atoms with van der Waals surface area (Å²) < 4.78 is 2.21. The summed E-state index contributed by atoms with van der Waals surface area (Å²) in [5, 5.41) is 18.5. The summed E-state index contributed by atoms with van der Waals surface area (Å²) in [5.41, 5.74) is 2.77. The number of guanidine groups is 1. The van der Waals surface area contributed by atoms with Crippen molar-refractivity contribution in [2.75, 3.05) is 25.0 Å². The van der Waals surface area contributed by atoms with Crippen molar-refractivity contribution in [2.24, 2.45) is 4.99 Å². The average Bonchev–Trinajstić information content (AvgIpc) is 3.06. The largest absolute Gasteiger partial charge is 0.508 e. The number of carbonyl (C=O) groups is 1. The van der Waals surface area contributed by atoms with Crippen molar-refractivity contribution in [1.29, 1.82) is 0 Å². The van der Waals surface area contributed by atoms with Crippen LogP contribution in [-0.4, -0.2) is 46.2 Å². The molecule has 0 unspecified atom stereocenters. The number of nitrogens with one attached hydrogen (secondary N) is 3. The van der Waals surface area contributed by atoms with E-state index in [4.69, 9.17) is 0 Å². The van der Waals surface area contributed by atoms with E-state index >= 15 is 0 Å². The molecule has 2 aromatic carbocycles. The third kappa shape index (κ3) is 5.73. The normalized spacial score (nSPS) is 11.5. The maximum Gasteiger partial charge on any atom is 0.246 e. The Hall–Kier alpha value is -3.55. The number of fused-ring (bicyclic) bond motifs is 1. The first kappa shape index (κ1) is 21.2. The van der Waals surface area contributed by atoms with Crippen LogP contribution in [0, 0.1) is 6.92 Å². The number of aromatic hydroxyl groups is 1. The highest BCUT2D eigenvalue weighted by atomic mass is 16.3. The number of benzene rings is 2. The van der Waals surface area contributed by atoms with Crippen molar-refractivity contribution in [2.45, 2.75) is 26.8 Å². The van der Waals surface area contributed by atoms with E-state index in [0.29, 0.717) is 18.2 Å². The lowest BCUT2D eigenvalue weighted by atomic mass is 10.3. The van der Waals surface area contributed by atoms with Gasteiger partial charge in [-0.1, -0.05) is 12.1 Å². The molecule has 0 bridgehead atoms. The maximum atomic E-state index is 12.1. The first-order valence-corrected chi connectivity index (χ1v) is 10.1. The Labute approximate surface area is 176 Å². The number of anilines is 1. The maximum absolute atomic E-state index is 12.1. The summed E-state index contributed by atoms with van der Waals surface area (Å²) in [5.74, 6) is 1.54. The van der Waals surface area contributed by atoms with Crippen LogP contribution in [-0.2, 0) is 11.3 Å². The smallest absolute Gasteiger partial charge is 0.246 e. The molecule has 0 atom stereocenters. The third-order valence-electron chi connectivity index (χ3n) is 4.57. The highest BCUT2D eigenvalue weighted by molar-refractivity contribution is 5.94. The summed E-state index contributed by atoms with van der Waals surface area (Å²) in [7, 11) is 0. The molecule has 0 radical (unpaired) electrons. The van der Waals surface area contributed by atoms with Crippen molar-refractivity contribution in [3.8, 4) is 5.75 Å². The lowest BCUT2D eigenvalue weighted by Crippen LogP contribution is -2.38. The molecule has 0 saturated carbocycles. The van der Waals surface area contributed by atoms with Gasteiger partial charge >= 0.3 is 0 Å². The second kappa shape index (κ2) is 10.3. The van der Waals surface area contributed by atoms with Crippen molar-refractivity contribution >= 4 is 28.6 Å². The van der Waals surface area contributed by atoms with E-state index in [0.717, 1.165) is 36.4 Å². The second-order valence-electron chi connectivity index (χ2n) is 6.87. The quantitative estimate of drug-likeness (QED) is 0.199. The third-order valence-corrected chi connectivity index (χ3v) is 4.57. The number of hydrogen-bond acceptors (Lipinski definition) is 4. The van der Waals surface area contributed by atoms with Gasteiger partial charge in [-0.15, -0.1) is 0 Å². The van der Waals surface area contributed by atoms with E-state index in [1.807, 2.05) is 32.0 Å². The Kier molecular flexibility index (Phi) is 7.26. The number of hydrogen-bond donors (Lipinski definition) is 4. The molecular formula is C22H28N6O2. The van der Waals surface area contributed by atoms with Gasteiger partial charge < -0.3 is 25.6 Å². The number of phenols is 1. The van der Waals surface area contributed by atoms with Gasteiger partial charge in [0.15, 0.2) is 5.96 Å². The van der Waals surface area contributed by atoms with Gasteiger partial charge in [-0.3, -0.25) is 4.79 Å². The van der Waals surface area contributed by atoms with E-state index in [2.05, 4.69) is 36.6 Å². The van der Waals surface area contributed by atoms with Crippen molar-refractivity contribution < 1.29 is 9.90 Å². The molecule has 0 aliphatic heterocycles. The number of amides is 1. The number of imidazole rings is 1. The number of aryl methyl sites for hydroxylation is 2. The van der Waals surface area contributed by atoms with Crippen LogP contribution >= 0.6 is 0 Å². The molecule has 0 saturated heterocycles. The number of rotatable bonds is 8. The minimum Gasteiger partial charge on any atom is -0.508 e. The molecule has 8 heteroatoms. The molecule has 0 aliphatic carbocycles. The average molecular weight is 409 g/mol. The summed E-state index contributed by atoms with van der Waals surface area (Å²) >= 11 is 0. The topological polar surface area (TPSA) is 104 Å². The van der Waals surface area contributed by atoms with Crippen LogP contribution in [0.15, 0.2) is 53.5 Å². The Morgan fingerprint density at radius 3 is 2.67 bits per heavy atom. The molecular weight excluding hydrogens is 380 g/mol. The van der Waals surface area contributed by atoms with Gasteiger partial charge in [0, 0.05) is 25.3 Å². The lowest BCUT2D eigenvalue weighted by molar-refractivity contribution is -0.114. The Morgan fingerprint density at radius 2 is 1.90 bits per heavy atom. The van der Waals surface area contributed by atoms with Gasteiger partial charge in [0.1, 0.15) is 18.1 Å². The zero-order chi connectivity index (χ0) is 21.3. The molecule has 0 fully saturated rings. The lowest BCUT2D eigenvalue weighted by Gasteiger charge is -2.12. The van der Waals surface area contributed by atoms with E-state index < -0.39 is 0 Å². The van der Waals surface area contributed by atoms with Gasteiger partial charge in [-0.2, -0.15) is 0 Å². The first-order valence-electron chi connectivity index (χ1n) is 10.1. The number of phenolic OH excluding ortho intramolecular Hbond substituents is 1. The summed E-state index contributed by atoms with van der Waals surface area (Å²) in [6.07, 6.45) is 0.894. The van der Waals surface area contributed by atoms with E-state index in [1.165, 1.54) is 12.1 Å². The fraction of sp³-hybridized carbons (Fsp3) is 0.318. The summed E-state index contributed by atoms with van der Waals surface area (Å²) in [6, 6.07) is 14.5. The highest BCUT2D eigenvalue weighted by Gasteiger charge is 2.07. The van der Waals surface area contributed by atoms with Gasteiger partial charge in [-0.05, 0) is 56.7 Å². The van der Waals surface area contributed by atoms with Crippen molar-refractivity contribution in [3.05, 3.63) is 54.4 Å². The number of carbonyl (C=O) groups excluding carboxylic acids is 1. The minimum atomic E-state index is -0.224. The van der Waals surface area contributed by atoms with Gasteiger partial charge in [0.25, 0.3) is 0 Å². The van der Waals surface area contributed by atoms with Crippen LogP contribution < -0.4 is 16.0 Å². The summed E-state index contributed by atoms with van der Waals surface area (Å²) in [4.78, 5) is 21.0. The fourth-order valence-corrected chi connectivity index (χ4v) is 3.16. The zero-order valence-corrected chi connectivity index (χ0v) is 17.4. The molecule has 30 heavy (non-hydrogen) atoms. The predicted molar refractivity (Wildman–Crippen MR) is 120 cm³/mol. The molecule has 3 aromatic rings. The van der Waals surface area contributed by atoms with Crippen molar-refractivity contribution in [3.63, 3.8) is 0 Å². The second-order valence-corrected chi connectivity index (χ2v) is 6.87. The SMILES string of the molecule is CCNC(=NCC(=O)Nc1ccc(O)cc1)NCCCn1c(C)nc2ccccc21. The Bertz CT molecular complexity index is 1010. The standard InChI is InChI=1S/C22H28N6O2/c1-3-23-22(25-15-21(30)27-17-9-11-18(29)12-10-17)24-13-6-14-28-16(2)26-19-7-4-5-8-20(19)28/h4-5,7-12,29H,3,6,13-15H2,1-2H3,(H,27,30)(H2,23,24,25). The molecule has 1 amide bonds. The van der Waals surface area contributed by atoms with Crippen LogP contribution in [0.4, 0.5) is 5.69 Å². The number of para-hydroxylation sites is 2. The number of aromatic nitrogens is 2. The first-order chi connectivity index (χ1) is 14.6. The van der Waals surface area contributed by atoms with Crippen molar-refractivity contribution in [1.82, 2.24) is 20.2 Å². The molecule has 1 heterocycles. The van der Waals surface area contributed by atoms with E-state index in [9.17, 15) is 9.90 Å². The van der Waals surface area contributed by atoms with Gasteiger partial charge in [0.2, 0.25) is 5.91 Å². The van der Waals surface area contributed by atoms with E-state index in [-0.39, 0.29) is 18.2 Å². The van der Waals surface area contributed by atoms with Crippen LogP contribution in [0.3, 0.4) is 0 Å². The number of nitrogens with zero attached hydrogens (tertiary/aromatic N) is 3. The molecule has 1 aromatic heterocycles. The fourth-order valence-electron chi connectivity index (χ4n) is 3.16. The molecule has 4 N–H and O–H groups in total. The van der Waals surface area contributed by atoms with E-state index in [1.54, 1.807) is 12.1 Å². The van der Waals surface area contributed by atoms with Crippen LogP contribution in [0.2, 0.25) is 0 Å². The highest BCUT2D eigenvalue weighted by Crippen LogP contribution is 2.15. The number of aliphatic imine (C=N–C) groups is 1. The van der Waals surface area contributed by atoms with Gasteiger partial charge in [0.05, 0.1) is 11.0 Å². The molecule has 158 valence electrons. The Morgan fingerprint density at radius 1 is 1.13 bits per heavy atom. The van der Waals surface area contributed by atoms with Crippen LogP contribution in [0.1, 0.15) is 19.2 Å². The van der Waals surface area contributed by atoms with Gasteiger partial charge in [-0.25, -0.2) is 9.98 Å². The molecule has 3 rings (SSSR count). The Balaban J connectivity index is 1.49. The predicted octanol–water partition coefficient (Wildman–Crippen LogP) is 2.63. The minimum absolute atomic E-state index is 0.00146. The molecule has 0 spiro atoms. The molecule has 0 aliphatic rings. The zero-order valence-electron chi connectivity index (χ0n) is 17.4.